The van der Waals surface area contributed by atoms with Gasteiger partial charge in [0.15, 0.2) is 0 Å². The van der Waals surface area contributed by atoms with Crippen LogP contribution in [0.15, 0.2) is 24.5 Å². The monoisotopic (exact) mass is 171 g/mol. The molecular formula is C10H9N3. The number of nitriles is 1. The van der Waals surface area contributed by atoms with E-state index in [9.17, 15) is 0 Å². The summed E-state index contributed by atoms with van der Waals surface area (Å²) in [5.41, 5.74) is 8.53. The Kier molecular flexibility index (Phi) is 1.75. The van der Waals surface area contributed by atoms with Gasteiger partial charge in [-0.3, -0.25) is 4.98 Å². The molecule has 0 aliphatic heterocycles. The molecule has 0 aromatic carbocycles. The molecule has 13 heavy (non-hydrogen) atoms. The average Bonchev–Trinajstić information content (AvgIpc) is 2.18. The standard InChI is InChI=1S/C10H9N3/c11-5-7-3-8-1-2-13-6-9(8)10(12)4-7/h1-2,4,6-7H,3,12H2. The minimum Gasteiger partial charge on any atom is -0.398 e. The minimum atomic E-state index is -0.0881. The van der Waals surface area contributed by atoms with E-state index in [1.165, 1.54) is 0 Å². The Morgan fingerprint density at radius 2 is 2.46 bits per heavy atom. The van der Waals surface area contributed by atoms with E-state index in [1.54, 1.807) is 18.5 Å². The van der Waals surface area contributed by atoms with Crippen molar-refractivity contribution >= 4 is 5.70 Å². The van der Waals surface area contributed by atoms with Gasteiger partial charge in [-0.05, 0) is 24.1 Å². The van der Waals surface area contributed by atoms with Gasteiger partial charge in [0.05, 0.1) is 12.0 Å². The lowest BCUT2D eigenvalue weighted by molar-refractivity contribution is 0.800. The first kappa shape index (κ1) is 7.81. The maximum atomic E-state index is 8.77. The lowest BCUT2D eigenvalue weighted by Crippen LogP contribution is -2.12. The van der Waals surface area contributed by atoms with Crippen LogP contribution < -0.4 is 5.73 Å². The molecule has 1 aromatic rings. The Morgan fingerprint density at radius 1 is 1.62 bits per heavy atom. The van der Waals surface area contributed by atoms with Gasteiger partial charge in [-0.15, -0.1) is 0 Å². The molecule has 0 fully saturated rings. The molecule has 2 N–H and O–H groups in total. The van der Waals surface area contributed by atoms with Gasteiger partial charge in [0.25, 0.3) is 0 Å². The molecule has 0 amide bonds. The van der Waals surface area contributed by atoms with Crippen molar-refractivity contribution in [3.8, 4) is 6.07 Å². The number of aromatic nitrogens is 1. The maximum absolute atomic E-state index is 8.77. The molecule has 0 radical (unpaired) electrons. The SMILES string of the molecule is N#CC1C=C(N)c2cnccc2C1. The molecule has 0 saturated heterocycles. The molecule has 64 valence electrons. The van der Waals surface area contributed by atoms with Crippen molar-refractivity contribution in [2.75, 3.05) is 0 Å². The van der Waals surface area contributed by atoms with Crippen LogP contribution in [0.2, 0.25) is 0 Å². The molecule has 0 spiro atoms. The Labute approximate surface area is 76.5 Å². The van der Waals surface area contributed by atoms with Gasteiger partial charge in [0.1, 0.15) is 0 Å². The Balaban J connectivity index is 2.50. The zero-order valence-corrected chi connectivity index (χ0v) is 7.07. The molecule has 0 saturated carbocycles. The molecule has 3 heteroatoms. The molecule has 1 aromatic heterocycles. The van der Waals surface area contributed by atoms with E-state index in [-0.39, 0.29) is 5.92 Å². The Bertz CT molecular complexity index is 401. The number of allylic oxidation sites excluding steroid dienone is 1. The van der Waals surface area contributed by atoms with Gasteiger partial charge in [-0.1, -0.05) is 0 Å². The normalized spacial score (nSPS) is 19.9. The summed E-state index contributed by atoms with van der Waals surface area (Å²) >= 11 is 0. The molecule has 0 bridgehead atoms. The lowest BCUT2D eigenvalue weighted by Gasteiger charge is -2.16. The van der Waals surface area contributed by atoms with Crippen molar-refractivity contribution < 1.29 is 0 Å². The summed E-state index contributed by atoms with van der Waals surface area (Å²) in [5.74, 6) is -0.0881. The zero-order valence-electron chi connectivity index (χ0n) is 7.07. The van der Waals surface area contributed by atoms with Crippen LogP contribution in [0.4, 0.5) is 0 Å². The summed E-state index contributed by atoms with van der Waals surface area (Å²) < 4.78 is 0. The van der Waals surface area contributed by atoms with E-state index in [0.717, 1.165) is 17.5 Å². The van der Waals surface area contributed by atoms with E-state index in [4.69, 9.17) is 11.0 Å². The van der Waals surface area contributed by atoms with Gasteiger partial charge in [-0.25, -0.2) is 0 Å². The highest BCUT2D eigenvalue weighted by molar-refractivity contribution is 5.67. The second-order valence-electron chi connectivity index (χ2n) is 3.09. The van der Waals surface area contributed by atoms with Gasteiger partial charge in [-0.2, -0.15) is 5.26 Å². The number of nitrogens with zero attached hydrogens (tertiary/aromatic N) is 2. The van der Waals surface area contributed by atoms with Crippen LogP contribution in [0, 0.1) is 17.2 Å². The summed E-state index contributed by atoms with van der Waals surface area (Å²) in [6.07, 6.45) is 6.01. The first-order valence-electron chi connectivity index (χ1n) is 4.11. The van der Waals surface area contributed by atoms with E-state index >= 15 is 0 Å². The fraction of sp³-hybridized carbons (Fsp3) is 0.200. The largest absolute Gasteiger partial charge is 0.398 e. The second kappa shape index (κ2) is 2.91. The van der Waals surface area contributed by atoms with Crippen LogP contribution in [0.25, 0.3) is 5.70 Å². The predicted molar refractivity (Wildman–Crippen MR) is 49.2 cm³/mol. The average molecular weight is 171 g/mol. The van der Waals surface area contributed by atoms with Crippen molar-refractivity contribution in [2.24, 2.45) is 11.7 Å². The third kappa shape index (κ3) is 1.27. The van der Waals surface area contributed by atoms with Crippen LogP contribution in [-0.2, 0) is 6.42 Å². The lowest BCUT2D eigenvalue weighted by atomic mass is 9.90. The number of hydrogen-bond donors (Lipinski definition) is 1. The molecule has 1 aliphatic rings. The van der Waals surface area contributed by atoms with E-state index in [0.29, 0.717) is 5.70 Å². The number of fused-ring (bicyclic) bond motifs is 1. The highest BCUT2D eigenvalue weighted by atomic mass is 14.7. The van der Waals surface area contributed by atoms with Crippen molar-refractivity contribution in [3.05, 3.63) is 35.7 Å². The highest BCUT2D eigenvalue weighted by Crippen LogP contribution is 2.24. The van der Waals surface area contributed by atoms with Gasteiger partial charge in [0, 0.05) is 23.7 Å². The minimum absolute atomic E-state index is 0.0881. The van der Waals surface area contributed by atoms with Crippen molar-refractivity contribution in [1.29, 1.82) is 5.26 Å². The number of nitrogens with two attached hydrogens (primary N) is 1. The highest BCUT2D eigenvalue weighted by Gasteiger charge is 2.16. The maximum Gasteiger partial charge on any atom is 0.0706 e. The first-order chi connectivity index (χ1) is 6.31. The fourth-order valence-electron chi connectivity index (χ4n) is 1.55. The quantitative estimate of drug-likeness (QED) is 0.635. The third-order valence-corrected chi connectivity index (χ3v) is 2.21. The van der Waals surface area contributed by atoms with Gasteiger partial charge in [0.2, 0.25) is 0 Å². The van der Waals surface area contributed by atoms with E-state index < -0.39 is 0 Å². The molecule has 1 atom stereocenters. The fourth-order valence-corrected chi connectivity index (χ4v) is 1.55. The zero-order chi connectivity index (χ0) is 9.26. The van der Waals surface area contributed by atoms with Gasteiger partial charge >= 0.3 is 0 Å². The van der Waals surface area contributed by atoms with Crippen LogP contribution in [0.1, 0.15) is 11.1 Å². The number of rotatable bonds is 0. The first-order valence-corrected chi connectivity index (χ1v) is 4.11. The molecule has 3 nitrogen and oxygen atoms in total. The smallest absolute Gasteiger partial charge is 0.0706 e. The van der Waals surface area contributed by atoms with Crippen LogP contribution in [-0.4, -0.2) is 4.98 Å². The van der Waals surface area contributed by atoms with Crippen LogP contribution >= 0.6 is 0 Å². The van der Waals surface area contributed by atoms with Gasteiger partial charge < -0.3 is 5.73 Å². The molecule has 2 rings (SSSR count). The Hall–Kier alpha value is -1.82. The van der Waals surface area contributed by atoms with Crippen molar-refractivity contribution in [2.45, 2.75) is 6.42 Å². The summed E-state index contributed by atoms with van der Waals surface area (Å²) in [5, 5.41) is 8.77. The van der Waals surface area contributed by atoms with E-state index in [2.05, 4.69) is 11.1 Å². The molecule has 1 unspecified atom stereocenters. The van der Waals surface area contributed by atoms with Crippen molar-refractivity contribution in [1.82, 2.24) is 4.98 Å². The Morgan fingerprint density at radius 3 is 3.23 bits per heavy atom. The molecular weight excluding hydrogens is 162 g/mol. The van der Waals surface area contributed by atoms with Crippen LogP contribution in [0.5, 0.6) is 0 Å². The second-order valence-corrected chi connectivity index (χ2v) is 3.09. The summed E-state index contributed by atoms with van der Waals surface area (Å²) in [7, 11) is 0. The number of pyridine rings is 1. The summed E-state index contributed by atoms with van der Waals surface area (Å²) in [6, 6.07) is 4.11. The van der Waals surface area contributed by atoms with Crippen LogP contribution in [0.3, 0.4) is 0 Å². The third-order valence-electron chi connectivity index (χ3n) is 2.21. The topological polar surface area (TPSA) is 62.7 Å². The predicted octanol–water partition coefficient (Wildman–Crippen LogP) is 1.08. The number of hydrogen-bond acceptors (Lipinski definition) is 3. The summed E-state index contributed by atoms with van der Waals surface area (Å²) in [6.45, 7) is 0. The molecule has 1 heterocycles. The molecule has 1 aliphatic carbocycles. The van der Waals surface area contributed by atoms with Crippen molar-refractivity contribution in [3.63, 3.8) is 0 Å². The summed E-state index contributed by atoms with van der Waals surface area (Å²) in [4.78, 5) is 4.00. The van der Waals surface area contributed by atoms with E-state index in [1.807, 2.05) is 6.07 Å².